The minimum Gasteiger partial charge on any atom is -0.332 e. The maximum absolute atomic E-state index is 12.7. The lowest BCUT2D eigenvalue weighted by molar-refractivity contribution is -0.133. The van der Waals surface area contributed by atoms with Crippen LogP contribution in [0, 0.1) is 0 Å². The number of aromatic nitrogens is 3. The van der Waals surface area contributed by atoms with Gasteiger partial charge in [-0.3, -0.25) is 14.3 Å². The van der Waals surface area contributed by atoms with Crippen molar-refractivity contribution in [3.63, 3.8) is 0 Å². The molecular formula is C18H19BrN6O2. The second kappa shape index (κ2) is 7.59. The number of hydrazone groups is 1. The van der Waals surface area contributed by atoms with Crippen LogP contribution in [0.2, 0.25) is 0 Å². The molecule has 3 heterocycles. The highest BCUT2D eigenvalue weighted by molar-refractivity contribution is 9.10. The van der Waals surface area contributed by atoms with Crippen molar-refractivity contribution >= 4 is 33.5 Å². The van der Waals surface area contributed by atoms with Crippen LogP contribution in [0.5, 0.6) is 0 Å². The molecule has 0 N–H and O–H groups in total. The van der Waals surface area contributed by atoms with Crippen LogP contribution < -0.4 is 0 Å². The highest BCUT2D eigenvalue weighted by atomic mass is 79.9. The lowest BCUT2D eigenvalue weighted by Gasteiger charge is -2.25. The average Bonchev–Trinajstić information content (AvgIpc) is 3.41. The Labute approximate surface area is 165 Å². The molecule has 0 radical (unpaired) electrons. The summed E-state index contributed by atoms with van der Waals surface area (Å²) in [6.07, 6.45) is 4.72. The summed E-state index contributed by atoms with van der Waals surface area (Å²) in [4.78, 5) is 30.7. The van der Waals surface area contributed by atoms with Gasteiger partial charge < -0.3 is 4.90 Å². The molecule has 2 aromatic rings. The second-order valence-corrected chi connectivity index (χ2v) is 7.50. The van der Waals surface area contributed by atoms with Crippen molar-refractivity contribution in [2.24, 2.45) is 5.10 Å². The number of nitrogens with zero attached hydrogens (tertiary/aromatic N) is 6. The van der Waals surface area contributed by atoms with Gasteiger partial charge in [0.05, 0.1) is 24.8 Å². The quantitative estimate of drug-likeness (QED) is 0.721. The van der Waals surface area contributed by atoms with E-state index in [9.17, 15) is 9.59 Å². The van der Waals surface area contributed by atoms with E-state index in [2.05, 4.69) is 31.1 Å². The lowest BCUT2D eigenvalue weighted by atomic mass is 10.0. The van der Waals surface area contributed by atoms with Gasteiger partial charge in [0, 0.05) is 29.4 Å². The second-order valence-electron chi connectivity index (χ2n) is 6.58. The largest absolute Gasteiger partial charge is 0.332 e. The van der Waals surface area contributed by atoms with Crippen LogP contribution in [0.3, 0.4) is 0 Å². The fourth-order valence-electron chi connectivity index (χ4n) is 3.45. The van der Waals surface area contributed by atoms with Crippen LogP contribution in [-0.4, -0.2) is 61.3 Å². The van der Waals surface area contributed by atoms with Crippen LogP contribution in [0.4, 0.5) is 0 Å². The summed E-state index contributed by atoms with van der Waals surface area (Å²) >= 11 is 3.44. The summed E-state index contributed by atoms with van der Waals surface area (Å²) in [6.45, 7) is 1.55. The zero-order chi connectivity index (χ0) is 18.8. The van der Waals surface area contributed by atoms with Gasteiger partial charge >= 0.3 is 0 Å². The molecule has 4 rings (SSSR count). The molecule has 2 amide bonds. The number of likely N-dealkylation sites (tertiary alicyclic amines) is 1. The molecule has 0 saturated carbocycles. The summed E-state index contributed by atoms with van der Waals surface area (Å²) in [5.74, 6) is 0.0379. The summed E-state index contributed by atoms with van der Waals surface area (Å²) in [6, 6.07) is 7.60. The van der Waals surface area contributed by atoms with Crippen molar-refractivity contribution in [3.05, 3.63) is 47.0 Å². The van der Waals surface area contributed by atoms with Crippen molar-refractivity contribution in [1.82, 2.24) is 24.7 Å². The van der Waals surface area contributed by atoms with Crippen molar-refractivity contribution in [2.45, 2.75) is 31.8 Å². The highest BCUT2D eigenvalue weighted by Crippen LogP contribution is 2.25. The van der Waals surface area contributed by atoms with Gasteiger partial charge in [0.2, 0.25) is 11.8 Å². The Balaban J connectivity index is 1.55. The molecule has 27 heavy (non-hydrogen) atoms. The number of hydrogen-bond acceptors (Lipinski definition) is 5. The Morgan fingerprint density at radius 2 is 2.07 bits per heavy atom. The van der Waals surface area contributed by atoms with Crippen LogP contribution in [0.25, 0.3) is 0 Å². The van der Waals surface area contributed by atoms with Crippen molar-refractivity contribution in [3.8, 4) is 0 Å². The van der Waals surface area contributed by atoms with E-state index in [0.717, 1.165) is 22.2 Å². The number of carbonyl (C=O) groups excluding carboxylic acids is 2. The van der Waals surface area contributed by atoms with Gasteiger partial charge in [-0.1, -0.05) is 28.1 Å². The van der Waals surface area contributed by atoms with Crippen LogP contribution in [0.1, 0.15) is 24.8 Å². The maximum Gasteiger partial charge on any atom is 0.244 e. The molecule has 140 valence electrons. The van der Waals surface area contributed by atoms with Gasteiger partial charge in [0.15, 0.2) is 0 Å². The van der Waals surface area contributed by atoms with E-state index in [1.165, 1.54) is 11.3 Å². The maximum atomic E-state index is 12.7. The normalized spacial score (nSPS) is 19.7. The first-order valence-electron chi connectivity index (χ1n) is 8.88. The van der Waals surface area contributed by atoms with Gasteiger partial charge in [-0.25, -0.2) is 9.99 Å². The lowest BCUT2D eigenvalue weighted by Crippen LogP contribution is -2.44. The molecule has 2 aliphatic heterocycles. The molecule has 0 spiro atoms. The highest BCUT2D eigenvalue weighted by Gasteiger charge is 2.38. The molecular weight excluding hydrogens is 412 g/mol. The Kier molecular flexibility index (Phi) is 5.02. The summed E-state index contributed by atoms with van der Waals surface area (Å²) in [7, 11) is 0. The fraction of sp³-hybridized carbons (Fsp3) is 0.389. The standard InChI is InChI=1S/C18H19BrN6O2/c19-14-5-3-13(4-6-14)18-15(24-8-1-2-16(24)26)10-25(22-18)17(27)7-9-23-12-20-11-21-23/h3-6,11-12,15H,1-2,7-10H2. The molecule has 1 aromatic carbocycles. The van der Waals surface area contributed by atoms with E-state index < -0.39 is 0 Å². The fourth-order valence-corrected chi connectivity index (χ4v) is 3.71. The summed E-state index contributed by atoms with van der Waals surface area (Å²) in [5.41, 5.74) is 1.70. The zero-order valence-electron chi connectivity index (χ0n) is 14.7. The smallest absolute Gasteiger partial charge is 0.244 e. The Bertz CT molecular complexity index is 864. The van der Waals surface area contributed by atoms with Gasteiger partial charge in [-0.2, -0.15) is 10.2 Å². The first-order valence-corrected chi connectivity index (χ1v) is 9.68. The number of rotatable bonds is 5. The van der Waals surface area contributed by atoms with Crippen molar-refractivity contribution < 1.29 is 9.59 Å². The Hall–Kier alpha value is -2.55. The van der Waals surface area contributed by atoms with E-state index in [4.69, 9.17) is 0 Å². The number of aryl methyl sites for hydroxylation is 1. The third-order valence-electron chi connectivity index (χ3n) is 4.83. The van der Waals surface area contributed by atoms with Gasteiger partial charge in [0.1, 0.15) is 12.7 Å². The van der Waals surface area contributed by atoms with Crippen LogP contribution in [0.15, 0.2) is 46.5 Å². The van der Waals surface area contributed by atoms with E-state index in [1.807, 2.05) is 29.2 Å². The van der Waals surface area contributed by atoms with E-state index in [1.54, 1.807) is 11.0 Å². The molecule has 0 aliphatic carbocycles. The number of carbonyl (C=O) groups is 2. The van der Waals surface area contributed by atoms with Crippen LogP contribution >= 0.6 is 15.9 Å². The SMILES string of the molecule is O=C(CCn1cncn1)N1CC(N2CCCC2=O)C(c2ccc(Br)cc2)=N1. The topological polar surface area (TPSA) is 83.7 Å². The average molecular weight is 431 g/mol. The monoisotopic (exact) mass is 430 g/mol. The molecule has 1 atom stereocenters. The summed E-state index contributed by atoms with van der Waals surface area (Å²) < 4.78 is 2.59. The van der Waals surface area contributed by atoms with Crippen molar-refractivity contribution in [2.75, 3.05) is 13.1 Å². The third kappa shape index (κ3) is 3.78. The van der Waals surface area contributed by atoms with E-state index in [-0.39, 0.29) is 24.3 Å². The third-order valence-corrected chi connectivity index (χ3v) is 5.35. The molecule has 1 unspecified atom stereocenters. The number of benzene rings is 1. The molecule has 1 fully saturated rings. The number of hydrogen-bond donors (Lipinski definition) is 0. The van der Waals surface area contributed by atoms with Gasteiger partial charge in [-0.15, -0.1) is 0 Å². The first-order chi connectivity index (χ1) is 13.1. The molecule has 0 bridgehead atoms. The minimum absolute atomic E-state index is 0.0887. The molecule has 1 aromatic heterocycles. The zero-order valence-corrected chi connectivity index (χ0v) is 16.2. The first kappa shape index (κ1) is 17.8. The molecule has 2 aliphatic rings. The molecule has 9 heteroatoms. The predicted molar refractivity (Wildman–Crippen MR) is 102 cm³/mol. The van der Waals surface area contributed by atoms with E-state index >= 15 is 0 Å². The molecule has 1 saturated heterocycles. The minimum atomic E-state index is -0.198. The van der Waals surface area contributed by atoms with Gasteiger partial charge in [0.25, 0.3) is 0 Å². The number of halogens is 1. The summed E-state index contributed by atoms with van der Waals surface area (Å²) in [5, 5.41) is 10.1. The predicted octanol–water partition coefficient (Wildman–Crippen LogP) is 1.67. The Morgan fingerprint density at radius 1 is 1.26 bits per heavy atom. The van der Waals surface area contributed by atoms with Crippen LogP contribution in [-0.2, 0) is 16.1 Å². The van der Waals surface area contributed by atoms with Crippen molar-refractivity contribution in [1.29, 1.82) is 0 Å². The van der Waals surface area contributed by atoms with E-state index in [0.29, 0.717) is 26.1 Å². The number of amides is 2. The van der Waals surface area contributed by atoms with Gasteiger partial charge in [-0.05, 0) is 18.6 Å². The Morgan fingerprint density at radius 3 is 2.74 bits per heavy atom. The molecule has 8 nitrogen and oxygen atoms in total.